The van der Waals surface area contributed by atoms with Crippen LogP contribution in [0.4, 0.5) is 5.69 Å². The summed E-state index contributed by atoms with van der Waals surface area (Å²) in [5, 5.41) is 9.41. The predicted octanol–water partition coefficient (Wildman–Crippen LogP) is 2.32. The molecule has 0 saturated heterocycles. The van der Waals surface area contributed by atoms with E-state index in [1.807, 2.05) is 24.3 Å². The van der Waals surface area contributed by atoms with Crippen LogP contribution >= 0.6 is 15.9 Å². The monoisotopic (exact) mass is 376 g/mol. The van der Waals surface area contributed by atoms with Crippen LogP contribution in [-0.4, -0.2) is 21.6 Å². The van der Waals surface area contributed by atoms with Crippen LogP contribution < -0.4 is 10.6 Å². The highest BCUT2D eigenvalue weighted by Crippen LogP contribution is 2.41. The zero-order chi connectivity index (χ0) is 16.4. The summed E-state index contributed by atoms with van der Waals surface area (Å²) in [7, 11) is 1.74. The third kappa shape index (κ3) is 3.29. The minimum absolute atomic E-state index is 0.451. The highest BCUT2D eigenvalue weighted by Gasteiger charge is 2.41. The largest absolute Gasteiger partial charge is 0.338 e. The topological polar surface area (TPSA) is 76.0 Å². The van der Waals surface area contributed by atoms with Gasteiger partial charge in [0.15, 0.2) is 0 Å². The Hall–Kier alpha value is -2.15. The van der Waals surface area contributed by atoms with Gasteiger partial charge < -0.3 is 10.6 Å². The fourth-order valence-electron chi connectivity index (χ4n) is 2.75. The van der Waals surface area contributed by atoms with Crippen molar-refractivity contribution < 1.29 is 9.59 Å². The van der Waals surface area contributed by atoms with E-state index in [-0.39, 0.29) is 0 Å². The number of amides is 2. The molecule has 1 saturated carbocycles. The normalized spacial score (nSPS) is 15.6. The summed E-state index contributed by atoms with van der Waals surface area (Å²) >= 11 is 3.45. The standard InChI is InChI=1S/C16H17BrN4O2/c1-21-10-13(9-18-21)19-14(22)15(23)20-16(6-3-7-16)11-4-2-5-12(17)8-11/h2,4-5,8-10H,3,6-7H2,1H3,(H,19,22)(H,20,23). The first-order chi connectivity index (χ1) is 11.0. The van der Waals surface area contributed by atoms with E-state index in [1.165, 1.54) is 6.20 Å². The Morgan fingerprint density at radius 1 is 1.30 bits per heavy atom. The first kappa shape index (κ1) is 15.7. The first-order valence-electron chi connectivity index (χ1n) is 7.37. The molecule has 3 rings (SSSR count). The molecule has 0 spiro atoms. The Bertz CT molecular complexity index is 752. The second kappa shape index (κ2) is 6.16. The third-order valence-corrected chi connectivity index (χ3v) is 4.60. The van der Waals surface area contributed by atoms with Crippen molar-refractivity contribution in [2.24, 2.45) is 7.05 Å². The second-order valence-electron chi connectivity index (χ2n) is 5.76. The van der Waals surface area contributed by atoms with Gasteiger partial charge in [0.25, 0.3) is 0 Å². The lowest BCUT2D eigenvalue weighted by molar-refractivity contribution is -0.138. The summed E-state index contributed by atoms with van der Waals surface area (Å²) < 4.78 is 2.51. The Kier molecular flexibility index (Phi) is 4.21. The number of halogens is 1. The average Bonchev–Trinajstić information content (AvgIpc) is 2.87. The zero-order valence-electron chi connectivity index (χ0n) is 12.7. The van der Waals surface area contributed by atoms with Crippen molar-refractivity contribution in [3.05, 3.63) is 46.7 Å². The minimum atomic E-state index is -0.681. The lowest BCUT2D eigenvalue weighted by Gasteiger charge is -2.43. The Morgan fingerprint density at radius 2 is 2.09 bits per heavy atom. The summed E-state index contributed by atoms with van der Waals surface area (Å²) in [4.78, 5) is 24.3. The van der Waals surface area contributed by atoms with Crippen LogP contribution in [0, 0.1) is 0 Å². The molecule has 0 radical (unpaired) electrons. The molecule has 1 aromatic carbocycles. The van der Waals surface area contributed by atoms with Crippen LogP contribution in [0.3, 0.4) is 0 Å². The Balaban J connectivity index is 1.71. The van der Waals surface area contributed by atoms with Crippen LogP contribution in [0.25, 0.3) is 0 Å². The number of anilines is 1. The summed E-state index contributed by atoms with van der Waals surface area (Å²) in [5.74, 6) is -1.31. The summed E-state index contributed by atoms with van der Waals surface area (Å²) in [6.07, 6.45) is 5.82. The van der Waals surface area contributed by atoms with Crippen LogP contribution in [0.1, 0.15) is 24.8 Å². The number of benzene rings is 1. The van der Waals surface area contributed by atoms with Crippen molar-refractivity contribution >= 4 is 33.4 Å². The molecule has 23 heavy (non-hydrogen) atoms. The second-order valence-corrected chi connectivity index (χ2v) is 6.67. The summed E-state index contributed by atoms with van der Waals surface area (Å²) in [6, 6.07) is 7.83. The van der Waals surface area contributed by atoms with Gasteiger partial charge in [0, 0.05) is 17.7 Å². The molecule has 2 amide bonds. The van der Waals surface area contributed by atoms with Crippen molar-refractivity contribution in [2.75, 3.05) is 5.32 Å². The number of nitrogens with zero attached hydrogens (tertiary/aromatic N) is 2. The Morgan fingerprint density at radius 3 is 2.65 bits per heavy atom. The van der Waals surface area contributed by atoms with Crippen molar-refractivity contribution in [2.45, 2.75) is 24.8 Å². The van der Waals surface area contributed by atoms with Gasteiger partial charge in [0.1, 0.15) is 0 Å². The molecule has 0 bridgehead atoms. The smallest absolute Gasteiger partial charge is 0.313 e. The molecule has 6 nitrogen and oxygen atoms in total. The van der Waals surface area contributed by atoms with E-state index < -0.39 is 17.4 Å². The van der Waals surface area contributed by atoms with Gasteiger partial charge in [-0.1, -0.05) is 28.1 Å². The van der Waals surface area contributed by atoms with E-state index in [4.69, 9.17) is 0 Å². The maximum atomic E-state index is 12.3. The van der Waals surface area contributed by atoms with Gasteiger partial charge in [0.2, 0.25) is 0 Å². The van der Waals surface area contributed by atoms with Gasteiger partial charge in [-0.2, -0.15) is 5.10 Å². The minimum Gasteiger partial charge on any atom is -0.338 e. The SMILES string of the molecule is Cn1cc(NC(=O)C(=O)NC2(c3cccc(Br)c3)CCC2)cn1. The van der Waals surface area contributed by atoms with Crippen molar-refractivity contribution in [3.8, 4) is 0 Å². The van der Waals surface area contributed by atoms with E-state index in [0.717, 1.165) is 29.3 Å². The molecule has 2 aromatic rings. The Labute approximate surface area is 142 Å². The highest BCUT2D eigenvalue weighted by molar-refractivity contribution is 9.10. The molecule has 0 atom stereocenters. The van der Waals surface area contributed by atoms with Gasteiger partial charge >= 0.3 is 11.8 Å². The summed E-state index contributed by atoms with van der Waals surface area (Å²) in [5.41, 5.74) is 1.06. The van der Waals surface area contributed by atoms with E-state index in [2.05, 4.69) is 31.7 Å². The lowest BCUT2D eigenvalue weighted by atomic mass is 9.72. The van der Waals surface area contributed by atoms with Crippen molar-refractivity contribution in [3.63, 3.8) is 0 Å². The molecule has 1 aromatic heterocycles. The number of rotatable bonds is 3. The maximum Gasteiger partial charge on any atom is 0.313 e. The number of aryl methyl sites for hydroxylation is 1. The van der Waals surface area contributed by atoms with Crippen molar-refractivity contribution in [1.29, 1.82) is 0 Å². The average molecular weight is 377 g/mol. The first-order valence-corrected chi connectivity index (χ1v) is 8.16. The molecular weight excluding hydrogens is 360 g/mol. The van der Waals surface area contributed by atoms with Crippen LogP contribution in [0.15, 0.2) is 41.1 Å². The molecule has 0 unspecified atom stereocenters. The molecular formula is C16H17BrN4O2. The molecule has 2 N–H and O–H groups in total. The fourth-order valence-corrected chi connectivity index (χ4v) is 3.15. The van der Waals surface area contributed by atoms with Gasteiger partial charge in [-0.15, -0.1) is 0 Å². The highest BCUT2D eigenvalue weighted by atomic mass is 79.9. The molecule has 1 aliphatic rings. The zero-order valence-corrected chi connectivity index (χ0v) is 14.3. The number of aromatic nitrogens is 2. The van der Waals surface area contributed by atoms with E-state index >= 15 is 0 Å². The van der Waals surface area contributed by atoms with E-state index in [0.29, 0.717) is 5.69 Å². The number of nitrogens with one attached hydrogen (secondary N) is 2. The maximum absolute atomic E-state index is 12.3. The quantitative estimate of drug-likeness (QED) is 0.807. The molecule has 1 fully saturated rings. The fraction of sp³-hybridized carbons (Fsp3) is 0.312. The number of carbonyl (C=O) groups is 2. The number of carbonyl (C=O) groups excluding carboxylic acids is 2. The molecule has 7 heteroatoms. The van der Waals surface area contributed by atoms with Gasteiger partial charge in [-0.3, -0.25) is 14.3 Å². The predicted molar refractivity (Wildman–Crippen MR) is 89.7 cm³/mol. The van der Waals surface area contributed by atoms with Crippen LogP contribution in [0.2, 0.25) is 0 Å². The van der Waals surface area contributed by atoms with Crippen molar-refractivity contribution in [1.82, 2.24) is 15.1 Å². The van der Waals surface area contributed by atoms with E-state index in [1.54, 1.807) is 17.9 Å². The van der Waals surface area contributed by atoms with Gasteiger partial charge in [-0.05, 0) is 37.0 Å². The van der Waals surface area contributed by atoms with E-state index in [9.17, 15) is 9.59 Å². The van der Waals surface area contributed by atoms with Gasteiger partial charge in [-0.25, -0.2) is 0 Å². The number of hydrogen-bond donors (Lipinski definition) is 2. The van der Waals surface area contributed by atoms with Gasteiger partial charge in [0.05, 0.1) is 17.4 Å². The molecule has 0 aliphatic heterocycles. The van der Waals surface area contributed by atoms with Crippen LogP contribution in [-0.2, 0) is 22.2 Å². The lowest BCUT2D eigenvalue weighted by Crippen LogP contribution is -2.53. The molecule has 1 aliphatic carbocycles. The van der Waals surface area contributed by atoms with Crippen LogP contribution in [0.5, 0.6) is 0 Å². The molecule has 120 valence electrons. The third-order valence-electron chi connectivity index (χ3n) is 4.11. The summed E-state index contributed by atoms with van der Waals surface area (Å²) in [6.45, 7) is 0. The number of hydrogen-bond acceptors (Lipinski definition) is 3. The molecule has 1 heterocycles.